The highest BCUT2D eigenvalue weighted by Gasteiger charge is 2.29. The third-order valence-electron chi connectivity index (χ3n) is 5.38. The van der Waals surface area contributed by atoms with Gasteiger partial charge in [0.15, 0.2) is 0 Å². The predicted molar refractivity (Wildman–Crippen MR) is 122 cm³/mol. The largest absolute Gasteiger partial charge is 0.478 e. The van der Waals surface area contributed by atoms with Crippen molar-refractivity contribution in [3.63, 3.8) is 0 Å². The fourth-order valence-corrected chi connectivity index (χ4v) is 3.46. The van der Waals surface area contributed by atoms with Gasteiger partial charge in [-0.3, -0.25) is 0 Å². The van der Waals surface area contributed by atoms with Crippen LogP contribution in [0, 0.1) is 0 Å². The maximum absolute atomic E-state index is 12.4. The van der Waals surface area contributed by atoms with Crippen LogP contribution in [0.5, 0.6) is 0 Å². The zero-order valence-electron chi connectivity index (χ0n) is 19.6. The van der Waals surface area contributed by atoms with Gasteiger partial charge in [-0.1, -0.05) is 74.4 Å². The molecule has 2 aromatic carbocycles. The number of carboxylic acid groups (broad SMARTS) is 2. The molecule has 0 saturated heterocycles. The van der Waals surface area contributed by atoms with Gasteiger partial charge in [-0.15, -0.1) is 0 Å². The molecule has 0 aliphatic carbocycles. The van der Waals surface area contributed by atoms with Crippen molar-refractivity contribution < 1.29 is 19.8 Å². The van der Waals surface area contributed by atoms with E-state index in [1.165, 1.54) is 0 Å². The monoisotopic (exact) mass is 410 g/mol. The molecule has 0 radical (unpaired) electrons. The number of benzene rings is 2. The molecular weight excluding hydrogens is 376 g/mol. The van der Waals surface area contributed by atoms with E-state index < -0.39 is 11.9 Å². The zero-order valence-corrected chi connectivity index (χ0v) is 19.6. The Morgan fingerprint density at radius 3 is 1.53 bits per heavy atom. The fourth-order valence-electron chi connectivity index (χ4n) is 3.46. The molecule has 0 aliphatic rings. The molecule has 0 heterocycles. The first kappa shape index (κ1) is 23.7. The van der Waals surface area contributed by atoms with E-state index in [4.69, 9.17) is 0 Å². The summed E-state index contributed by atoms with van der Waals surface area (Å²) in [6, 6.07) is 9.07. The summed E-state index contributed by atoms with van der Waals surface area (Å²) in [5.74, 6) is -2.03. The van der Waals surface area contributed by atoms with Gasteiger partial charge >= 0.3 is 11.9 Å². The molecule has 4 heteroatoms. The summed E-state index contributed by atoms with van der Waals surface area (Å²) in [5.41, 5.74) is 3.34. The lowest BCUT2D eigenvalue weighted by atomic mass is 9.75. The van der Waals surface area contributed by atoms with Gasteiger partial charge in [-0.25, -0.2) is 9.59 Å². The van der Waals surface area contributed by atoms with Crippen LogP contribution in [-0.4, -0.2) is 22.2 Å². The molecule has 2 rings (SSSR count). The smallest absolute Gasteiger partial charge is 0.336 e. The van der Waals surface area contributed by atoms with Crippen molar-refractivity contribution in [2.24, 2.45) is 0 Å². The predicted octanol–water partition coefficient (Wildman–Crippen LogP) is 6.64. The number of aromatic carboxylic acids is 2. The SMILES string of the molecule is CC(C)(C)c1cc(C(=O)O)cc(-c2cc(C(C)(C)C)cc(C(C)(C)C)c2C(=O)O)c1. The van der Waals surface area contributed by atoms with Crippen molar-refractivity contribution in [2.45, 2.75) is 78.6 Å². The summed E-state index contributed by atoms with van der Waals surface area (Å²) >= 11 is 0. The highest BCUT2D eigenvalue weighted by Crippen LogP contribution is 2.39. The van der Waals surface area contributed by atoms with Crippen molar-refractivity contribution in [2.75, 3.05) is 0 Å². The molecule has 0 spiro atoms. The molecular formula is C26H34O4. The molecule has 162 valence electrons. The molecule has 0 fully saturated rings. The van der Waals surface area contributed by atoms with Gasteiger partial charge in [0.25, 0.3) is 0 Å². The van der Waals surface area contributed by atoms with Crippen LogP contribution in [0.4, 0.5) is 0 Å². The Hall–Kier alpha value is -2.62. The summed E-state index contributed by atoms with van der Waals surface area (Å²) in [5, 5.41) is 19.8. The zero-order chi connectivity index (χ0) is 23.2. The second kappa shape index (κ2) is 7.57. The molecule has 2 aromatic rings. The van der Waals surface area contributed by atoms with E-state index in [9.17, 15) is 19.8 Å². The first-order valence-electron chi connectivity index (χ1n) is 10.2. The van der Waals surface area contributed by atoms with Gasteiger partial charge in [-0.2, -0.15) is 0 Å². The average molecular weight is 411 g/mol. The van der Waals surface area contributed by atoms with Crippen molar-refractivity contribution in [1.29, 1.82) is 0 Å². The van der Waals surface area contributed by atoms with Crippen molar-refractivity contribution >= 4 is 11.9 Å². The Morgan fingerprint density at radius 1 is 0.633 bits per heavy atom. The number of hydrogen-bond acceptors (Lipinski definition) is 2. The van der Waals surface area contributed by atoms with Crippen LogP contribution in [0.25, 0.3) is 11.1 Å². The Labute approximate surface area is 180 Å². The van der Waals surface area contributed by atoms with E-state index in [0.29, 0.717) is 11.1 Å². The van der Waals surface area contributed by atoms with E-state index in [0.717, 1.165) is 16.7 Å². The van der Waals surface area contributed by atoms with E-state index >= 15 is 0 Å². The third kappa shape index (κ3) is 4.92. The van der Waals surface area contributed by atoms with Crippen LogP contribution in [0.15, 0.2) is 30.3 Å². The molecule has 2 N–H and O–H groups in total. The molecule has 0 amide bonds. The van der Waals surface area contributed by atoms with Crippen molar-refractivity contribution in [1.82, 2.24) is 0 Å². The first-order chi connectivity index (χ1) is 13.4. The fraction of sp³-hybridized carbons (Fsp3) is 0.462. The van der Waals surface area contributed by atoms with Crippen molar-refractivity contribution in [3.05, 3.63) is 58.1 Å². The van der Waals surface area contributed by atoms with E-state index in [-0.39, 0.29) is 27.4 Å². The average Bonchev–Trinajstić information content (AvgIpc) is 2.57. The highest BCUT2D eigenvalue weighted by molar-refractivity contribution is 5.99. The minimum absolute atomic E-state index is 0.159. The van der Waals surface area contributed by atoms with E-state index in [2.05, 4.69) is 20.8 Å². The minimum atomic E-state index is -1.03. The van der Waals surface area contributed by atoms with Crippen LogP contribution in [0.2, 0.25) is 0 Å². The molecule has 4 nitrogen and oxygen atoms in total. The summed E-state index contributed by atoms with van der Waals surface area (Å²) in [6.07, 6.45) is 0. The number of carbonyl (C=O) groups is 2. The van der Waals surface area contributed by atoms with Gasteiger partial charge in [0.2, 0.25) is 0 Å². The molecule has 0 unspecified atom stereocenters. The topological polar surface area (TPSA) is 74.6 Å². The number of rotatable bonds is 3. The number of carboxylic acids is 2. The summed E-state index contributed by atoms with van der Waals surface area (Å²) in [6.45, 7) is 18.3. The normalized spacial score (nSPS) is 12.7. The quantitative estimate of drug-likeness (QED) is 0.594. The number of hydrogen-bond donors (Lipinski definition) is 2. The Morgan fingerprint density at radius 2 is 1.13 bits per heavy atom. The second-order valence-corrected chi connectivity index (χ2v) is 11.1. The van der Waals surface area contributed by atoms with Crippen LogP contribution in [0.1, 0.15) is 99.7 Å². The van der Waals surface area contributed by atoms with Crippen LogP contribution >= 0.6 is 0 Å². The summed E-state index contributed by atoms with van der Waals surface area (Å²) in [7, 11) is 0. The molecule has 30 heavy (non-hydrogen) atoms. The summed E-state index contributed by atoms with van der Waals surface area (Å²) < 4.78 is 0. The van der Waals surface area contributed by atoms with Crippen LogP contribution < -0.4 is 0 Å². The standard InChI is InChI=1S/C26H34O4/c1-24(2,3)17-11-15(10-16(12-17)22(27)28)19-13-18(25(4,5)6)14-20(26(7,8)9)21(19)23(29)30/h10-14H,1-9H3,(H,27,28)(H,29,30). The van der Waals surface area contributed by atoms with Gasteiger partial charge in [0, 0.05) is 0 Å². The molecule has 0 bridgehead atoms. The van der Waals surface area contributed by atoms with Crippen molar-refractivity contribution in [3.8, 4) is 11.1 Å². The Bertz CT molecular complexity index is 993. The highest BCUT2D eigenvalue weighted by atomic mass is 16.4. The van der Waals surface area contributed by atoms with Gasteiger partial charge in [0.05, 0.1) is 11.1 Å². The van der Waals surface area contributed by atoms with Gasteiger partial charge in [-0.05, 0) is 62.3 Å². The molecule has 0 aromatic heterocycles. The van der Waals surface area contributed by atoms with Crippen LogP contribution in [-0.2, 0) is 16.2 Å². The lowest BCUT2D eigenvalue weighted by molar-refractivity contribution is 0.0685. The Kier molecular flexibility index (Phi) is 5.97. The summed E-state index contributed by atoms with van der Waals surface area (Å²) in [4.78, 5) is 24.2. The minimum Gasteiger partial charge on any atom is -0.478 e. The van der Waals surface area contributed by atoms with Gasteiger partial charge in [0.1, 0.15) is 0 Å². The molecule has 0 atom stereocenters. The van der Waals surface area contributed by atoms with E-state index in [1.54, 1.807) is 12.1 Å². The lowest BCUT2D eigenvalue weighted by Gasteiger charge is -2.29. The molecule has 0 aliphatic heterocycles. The van der Waals surface area contributed by atoms with Gasteiger partial charge < -0.3 is 10.2 Å². The van der Waals surface area contributed by atoms with Crippen LogP contribution in [0.3, 0.4) is 0 Å². The second-order valence-electron chi connectivity index (χ2n) is 11.1. The maximum Gasteiger partial charge on any atom is 0.336 e. The first-order valence-corrected chi connectivity index (χ1v) is 10.2. The molecule has 0 saturated carbocycles. The Balaban J connectivity index is 3.04. The maximum atomic E-state index is 12.4. The lowest BCUT2D eigenvalue weighted by Crippen LogP contribution is -2.21. The third-order valence-corrected chi connectivity index (χ3v) is 5.38. The van der Waals surface area contributed by atoms with E-state index in [1.807, 2.05) is 59.7 Å².